The molecule has 0 saturated carbocycles. The van der Waals surface area contributed by atoms with Gasteiger partial charge in [0.2, 0.25) is 0 Å². The Morgan fingerprint density at radius 1 is 1.41 bits per heavy atom. The number of rotatable bonds is 7. The second-order valence-electron chi connectivity index (χ2n) is 7.42. The lowest BCUT2D eigenvalue weighted by molar-refractivity contribution is 0.0939. The number of ether oxygens (including phenoxy) is 1. The Bertz CT molecular complexity index is 723. The predicted molar refractivity (Wildman–Crippen MR) is 111 cm³/mol. The highest BCUT2D eigenvalue weighted by molar-refractivity contribution is 6.34. The maximum Gasteiger partial charge on any atom is 0.255 e. The van der Waals surface area contributed by atoms with E-state index in [1.807, 2.05) is 26.0 Å². The Morgan fingerprint density at radius 3 is 2.74 bits per heavy atom. The fourth-order valence-corrected chi connectivity index (χ4v) is 4.81. The molecule has 2 aliphatic heterocycles. The molecule has 2 aliphatic rings. The number of carbonyl (C=O) groups is 1. The van der Waals surface area contributed by atoms with E-state index in [4.69, 9.17) is 22.1 Å². The second-order valence-corrected chi connectivity index (χ2v) is 7.83. The van der Waals surface area contributed by atoms with Crippen LogP contribution in [0.15, 0.2) is 12.1 Å². The molecule has 0 unspecified atom stereocenters. The first-order valence-corrected chi connectivity index (χ1v) is 10.3. The van der Waals surface area contributed by atoms with Gasteiger partial charge in [0.25, 0.3) is 5.91 Å². The minimum absolute atomic E-state index is 0.162. The number of carbonyl (C=O) groups excluding carboxylic acids is 1. The zero-order valence-corrected chi connectivity index (χ0v) is 17.1. The van der Waals surface area contributed by atoms with E-state index in [-0.39, 0.29) is 5.91 Å². The van der Waals surface area contributed by atoms with Crippen molar-refractivity contribution >= 4 is 29.3 Å². The van der Waals surface area contributed by atoms with Crippen LogP contribution in [-0.2, 0) is 0 Å². The summed E-state index contributed by atoms with van der Waals surface area (Å²) in [7, 11) is 0. The third-order valence-electron chi connectivity index (χ3n) is 5.86. The van der Waals surface area contributed by atoms with Gasteiger partial charge in [-0.1, -0.05) is 23.8 Å². The highest BCUT2D eigenvalue weighted by atomic mass is 35.5. The fourth-order valence-electron chi connectivity index (χ4n) is 4.60. The van der Waals surface area contributed by atoms with Crippen molar-refractivity contribution in [1.29, 1.82) is 0 Å². The van der Waals surface area contributed by atoms with Crippen molar-refractivity contribution in [2.24, 2.45) is 0 Å². The van der Waals surface area contributed by atoms with E-state index in [1.165, 1.54) is 38.8 Å². The molecule has 6 heteroatoms. The number of nitrogen functional groups attached to an aromatic ring is 1. The quantitative estimate of drug-likeness (QED) is 0.686. The number of nitrogens with one attached hydrogen (secondary N) is 1. The molecular weight excluding hydrogens is 362 g/mol. The summed E-state index contributed by atoms with van der Waals surface area (Å²) in [4.78, 5) is 15.5. The molecule has 2 fully saturated rings. The van der Waals surface area contributed by atoms with Crippen LogP contribution in [0.3, 0.4) is 0 Å². The summed E-state index contributed by atoms with van der Waals surface area (Å²) >= 11 is 6.28. The van der Waals surface area contributed by atoms with Crippen molar-refractivity contribution in [3.63, 3.8) is 0 Å². The number of anilines is 1. The van der Waals surface area contributed by atoms with E-state index in [1.54, 1.807) is 6.07 Å². The van der Waals surface area contributed by atoms with Gasteiger partial charge in [-0.2, -0.15) is 0 Å². The van der Waals surface area contributed by atoms with E-state index in [9.17, 15) is 4.79 Å². The maximum atomic E-state index is 12.9. The fraction of sp³-hybridized carbons (Fsp3) is 0.571. The minimum atomic E-state index is -0.162. The lowest BCUT2D eigenvalue weighted by Gasteiger charge is -2.32. The van der Waals surface area contributed by atoms with Crippen LogP contribution >= 0.6 is 11.6 Å². The van der Waals surface area contributed by atoms with Gasteiger partial charge in [-0.3, -0.25) is 9.69 Å². The molecule has 3 rings (SSSR count). The van der Waals surface area contributed by atoms with Crippen LogP contribution < -0.4 is 15.8 Å². The first kappa shape index (κ1) is 20.0. The number of allylic oxidation sites excluding steroid dienone is 1. The lowest BCUT2D eigenvalue weighted by Crippen LogP contribution is -2.41. The van der Waals surface area contributed by atoms with Gasteiger partial charge < -0.3 is 15.8 Å². The number of halogens is 1. The molecule has 2 heterocycles. The van der Waals surface area contributed by atoms with Crippen LogP contribution in [0, 0.1) is 0 Å². The predicted octanol–water partition coefficient (Wildman–Crippen LogP) is 4.10. The van der Waals surface area contributed by atoms with Crippen LogP contribution in [0.4, 0.5) is 5.69 Å². The molecule has 0 radical (unpaired) electrons. The summed E-state index contributed by atoms with van der Waals surface area (Å²) in [6, 6.07) is 1.61. The molecule has 1 aromatic rings. The van der Waals surface area contributed by atoms with Crippen LogP contribution in [0.2, 0.25) is 5.02 Å². The monoisotopic (exact) mass is 391 g/mol. The molecule has 2 saturated heterocycles. The highest BCUT2D eigenvalue weighted by Crippen LogP contribution is 2.41. The number of nitrogens with two attached hydrogens (primary N) is 1. The van der Waals surface area contributed by atoms with E-state index in [0.29, 0.717) is 46.3 Å². The summed E-state index contributed by atoms with van der Waals surface area (Å²) in [5.41, 5.74) is 7.94. The van der Waals surface area contributed by atoms with Crippen molar-refractivity contribution < 1.29 is 9.53 Å². The molecule has 0 atom stereocenters. The summed E-state index contributed by atoms with van der Waals surface area (Å²) in [5.74, 6) is 0.335. The van der Waals surface area contributed by atoms with Crippen LogP contribution in [0.1, 0.15) is 61.9 Å². The number of nitrogens with zero attached hydrogens (tertiary/aromatic N) is 1. The Balaban J connectivity index is 1.76. The second kappa shape index (κ2) is 8.53. The first-order valence-electron chi connectivity index (χ1n) is 9.93. The average molecular weight is 392 g/mol. The third kappa shape index (κ3) is 3.94. The average Bonchev–Trinajstić information content (AvgIpc) is 3.21. The number of amides is 1. The van der Waals surface area contributed by atoms with Gasteiger partial charge in [0.15, 0.2) is 0 Å². The lowest BCUT2D eigenvalue weighted by atomic mass is 9.90. The van der Waals surface area contributed by atoms with Crippen LogP contribution in [-0.4, -0.2) is 42.6 Å². The third-order valence-corrected chi connectivity index (χ3v) is 6.17. The van der Waals surface area contributed by atoms with Gasteiger partial charge >= 0.3 is 0 Å². The molecule has 5 nitrogen and oxygen atoms in total. The maximum absolute atomic E-state index is 12.9. The number of hydrogen-bond donors (Lipinski definition) is 2. The van der Waals surface area contributed by atoms with Crippen molar-refractivity contribution in [3.05, 3.63) is 28.3 Å². The van der Waals surface area contributed by atoms with E-state index >= 15 is 0 Å². The summed E-state index contributed by atoms with van der Waals surface area (Å²) in [5, 5.41) is 3.45. The topological polar surface area (TPSA) is 67.6 Å². The summed E-state index contributed by atoms with van der Waals surface area (Å²) in [6.45, 7) is 7.28. The zero-order chi connectivity index (χ0) is 19.4. The number of benzene rings is 1. The van der Waals surface area contributed by atoms with E-state index in [2.05, 4.69) is 10.2 Å². The molecule has 0 aromatic heterocycles. The number of fused-ring (bicyclic) bond motifs is 1. The SMILES string of the molecule is C/C=C\c1c(N)c(Cl)cc(C(=O)NCCC23CCCN2CCC3)c1OCC. The van der Waals surface area contributed by atoms with Crippen LogP contribution in [0.25, 0.3) is 6.08 Å². The highest BCUT2D eigenvalue weighted by Gasteiger charge is 2.43. The molecule has 1 amide bonds. The molecule has 0 bridgehead atoms. The Kier molecular flexibility index (Phi) is 6.33. The van der Waals surface area contributed by atoms with Gasteiger partial charge in [0.05, 0.1) is 22.9 Å². The van der Waals surface area contributed by atoms with Gasteiger partial charge in [-0.25, -0.2) is 0 Å². The standard InChI is InChI=1S/C21H30ClN3O2/c1-3-7-15-18(23)17(22)14-16(19(15)27-4-2)20(26)24-11-10-21-8-5-12-25(21)13-6-9-21/h3,7,14H,4-6,8-13,23H2,1-2H3,(H,24,26)/b7-3-. The molecule has 0 aliphatic carbocycles. The van der Waals surface area contributed by atoms with Gasteiger partial charge in [-0.15, -0.1) is 0 Å². The Hall–Kier alpha value is -1.72. The largest absolute Gasteiger partial charge is 0.492 e. The molecule has 1 aromatic carbocycles. The minimum Gasteiger partial charge on any atom is -0.492 e. The molecule has 0 spiro atoms. The zero-order valence-electron chi connectivity index (χ0n) is 16.3. The first-order chi connectivity index (χ1) is 13.0. The Labute approximate surface area is 166 Å². The molecular formula is C21H30ClN3O2. The Morgan fingerprint density at radius 2 is 2.11 bits per heavy atom. The van der Waals surface area contributed by atoms with Gasteiger partial charge in [0.1, 0.15) is 5.75 Å². The van der Waals surface area contributed by atoms with E-state index < -0.39 is 0 Å². The van der Waals surface area contributed by atoms with Gasteiger partial charge in [-0.05, 0) is 65.1 Å². The normalized spacial score (nSPS) is 18.8. The summed E-state index contributed by atoms with van der Waals surface area (Å²) < 4.78 is 5.77. The van der Waals surface area contributed by atoms with Crippen molar-refractivity contribution in [1.82, 2.24) is 10.2 Å². The molecule has 148 valence electrons. The van der Waals surface area contributed by atoms with Gasteiger partial charge in [0, 0.05) is 17.6 Å². The smallest absolute Gasteiger partial charge is 0.255 e. The van der Waals surface area contributed by atoms with E-state index in [0.717, 1.165) is 6.42 Å². The summed E-state index contributed by atoms with van der Waals surface area (Å²) in [6.07, 6.45) is 9.70. The van der Waals surface area contributed by atoms with Crippen molar-refractivity contribution in [2.45, 2.75) is 51.5 Å². The number of hydrogen-bond acceptors (Lipinski definition) is 4. The molecule has 27 heavy (non-hydrogen) atoms. The molecule has 3 N–H and O–H groups in total. The van der Waals surface area contributed by atoms with Crippen molar-refractivity contribution in [2.75, 3.05) is 32.0 Å². The van der Waals surface area contributed by atoms with Crippen molar-refractivity contribution in [3.8, 4) is 5.75 Å². The van der Waals surface area contributed by atoms with Crippen LogP contribution in [0.5, 0.6) is 5.75 Å².